The molecule has 1 amide bonds. The summed E-state index contributed by atoms with van der Waals surface area (Å²) in [6.45, 7) is 1.19. The van der Waals surface area contributed by atoms with E-state index in [4.69, 9.17) is 0 Å². The molecule has 5 nitrogen and oxygen atoms in total. The highest BCUT2D eigenvalue weighted by Crippen LogP contribution is 2.26. The zero-order valence-corrected chi connectivity index (χ0v) is 14.9. The van der Waals surface area contributed by atoms with Crippen molar-refractivity contribution in [2.75, 3.05) is 13.1 Å². The molecule has 0 saturated carbocycles. The van der Waals surface area contributed by atoms with E-state index in [0.29, 0.717) is 23.7 Å². The Hall–Kier alpha value is -1.70. The number of thiophene rings is 1. The number of piperidine rings is 1. The van der Waals surface area contributed by atoms with Crippen molar-refractivity contribution in [2.45, 2.75) is 23.6 Å². The number of benzene rings is 1. The van der Waals surface area contributed by atoms with Crippen LogP contribution in [0.2, 0.25) is 0 Å². The second-order valence-electron chi connectivity index (χ2n) is 5.84. The monoisotopic (exact) mass is 364 g/mol. The molecule has 24 heavy (non-hydrogen) atoms. The molecule has 1 aliphatic heterocycles. The molecule has 0 aliphatic carbocycles. The van der Waals surface area contributed by atoms with Gasteiger partial charge in [-0.25, -0.2) is 8.42 Å². The van der Waals surface area contributed by atoms with Crippen LogP contribution >= 0.6 is 11.3 Å². The first-order valence-corrected chi connectivity index (χ1v) is 10.2. The van der Waals surface area contributed by atoms with Gasteiger partial charge in [0.05, 0.1) is 5.92 Å². The Morgan fingerprint density at radius 3 is 2.71 bits per heavy atom. The highest BCUT2D eigenvalue weighted by atomic mass is 32.2. The van der Waals surface area contributed by atoms with Crippen molar-refractivity contribution in [2.24, 2.45) is 5.92 Å². The molecule has 1 saturated heterocycles. The molecule has 1 aromatic heterocycles. The lowest BCUT2D eigenvalue weighted by Gasteiger charge is -2.30. The smallest absolute Gasteiger partial charge is 0.252 e. The van der Waals surface area contributed by atoms with Gasteiger partial charge in [0.1, 0.15) is 4.21 Å². The summed E-state index contributed by atoms with van der Waals surface area (Å²) >= 11 is 1.21. The zero-order valence-electron chi connectivity index (χ0n) is 13.2. The summed E-state index contributed by atoms with van der Waals surface area (Å²) in [5, 5.41) is 4.67. The lowest BCUT2D eigenvalue weighted by atomic mass is 9.99. The van der Waals surface area contributed by atoms with Gasteiger partial charge in [-0.15, -0.1) is 11.3 Å². The van der Waals surface area contributed by atoms with Crippen LogP contribution < -0.4 is 5.32 Å². The van der Waals surface area contributed by atoms with Crippen LogP contribution in [0, 0.1) is 5.92 Å². The van der Waals surface area contributed by atoms with Crippen LogP contribution in [0.1, 0.15) is 18.4 Å². The van der Waals surface area contributed by atoms with Gasteiger partial charge in [-0.05, 0) is 29.9 Å². The average Bonchev–Trinajstić information content (AvgIpc) is 3.16. The highest BCUT2D eigenvalue weighted by molar-refractivity contribution is 7.91. The van der Waals surface area contributed by atoms with Gasteiger partial charge in [0, 0.05) is 19.6 Å². The van der Waals surface area contributed by atoms with Crippen molar-refractivity contribution in [3.63, 3.8) is 0 Å². The second-order valence-corrected chi connectivity index (χ2v) is 8.95. The predicted molar refractivity (Wildman–Crippen MR) is 94.1 cm³/mol. The fraction of sp³-hybridized carbons (Fsp3) is 0.353. The summed E-state index contributed by atoms with van der Waals surface area (Å²) in [6, 6.07) is 13.0. The van der Waals surface area contributed by atoms with Crippen LogP contribution in [0.3, 0.4) is 0 Å². The van der Waals surface area contributed by atoms with Gasteiger partial charge in [-0.2, -0.15) is 4.31 Å². The molecule has 2 heterocycles. The molecule has 0 unspecified atom stereocenters. The molecule has 0 radical (unpaired) electrons. The fourth-order valence-corrected chi connectivity index (χ4v) is 5.51. The Kier molecular flexibility index (Phi) is 5.33. The molecule has 1 aliphatic rings. The number of carbonyl (C=O) groups excluding carboxylic acids is 1. The molecule has 1 atom stereocenters. The Morgan fingerprint density at radius 2 is 2.00 bits per heavy atom. The minimum Gasteiger partial charge on any atom is -0.352 e. The van der Waals surface area contributed by atoms with E-state index in [0.717, 1.165) is 12.0 Å². The van der Waals surface area contributed by atoms with Crippen molar-refractivity contribution in [1.82, 2.24) is 9.62 Å². The number of hydrogen-bond donors (Lipinski definition) is 1. The van der Waals surface area contributed by atoms with Crippen molar-refractivity contribution >= 4 is 27.3 Å². The van der Waals surface area contributed by atoms with E-state index in [1.807, 2.05) is 30.3 Å². The topological polar surface area (TPSA) is 66.5 Å². The summed E-state index contributed by atoms with van der Waals surface area (Å²) in [5.41, 5.74) is 1.03. The van der Waals surface area contributed by atoms with E-state index in [1.165, 1.54) is 15.6 Å². The Labute approximate surface area is 146 Å². The third-order valence-corrected chi connectivity index (χ3v) is 7.39. The third kappa shape index (κ3) is 3.85. The number of sulfonamides is 1. The van der Waals surface area contributed by atoms with Crippen LogP contribution in [-0.4, -0.2) is 31.7 Å². The van der Waals surface area contributed by atoms with E-state index in [9.17, 15) is 13.2 Å². The maximum Gasteiger partial charge on any atom is 0.252 e. The van der Waals surface area contributed by atoms with Crippen molar-refractivity contribution < 1.29 is 13.2 Å². The predicted octanol–water partition coefficient (Wildman–Crippen LogP) is 2.47. The first-order valence-electron chi connectivity index (χ1n) is 7.92. The molecule has 1 fully saturated rings. The van der Waals surface area contributed by atoms with Crippen LogP contribution in [0.4, 0.5) is 0 Å². The van der Waals surface area contributed by atoms with Crippen LogP contribution in [0.25, 0.3) is 0 Å². The largest absolute Gasteiger partial charge is 0.352 e. The molecular weight excluding hydrogens is 344 g/mol. The van der Waals surface area contributed by atoms with Crippen LogP contribution in [-0.2, 0) is 21.4 Å². The van der Waals surface area contributed by atoms with Gasteiger partial charge in [0.15, 0.2) is 0 Å². The van der Waals surface area contributed by atoms with E-state index in [2.05, 4.69) is 5.32 Å². The maximum absolute atomic E-state index is 12.6. The van der Waals surface area contributed by atoms with Crippen molar-refractivity contribution in [1.29, 1.82) is 0 Å². The lowest BCUT2D eigenvalue weighted by molar-refractivity contribution is -0.126. The van der Waals surface area contributed by atoms with Gasteiger partial charge >= 0.3 is 0 Å². The summed E-state index contributed by atoms with van der Waals surface area (Å²) in [7, 11) is -3.48. The third-order valence-electron chi connectivity index (χ3n) is 4.15. The van der Waals surface area contributed by atoms with Gasteiger partial charge in [0.2, 0.25) is 5.91 Å². The van der Waals surface area contributed by atoms with Gasteiger partial charge < -0.3 is 5.32 Å². The Balaban J connectivity index is 1.62. The highest BCUT2D eigenvalue weighted by Gasteiger charge is 2.33. The standard InChI is InChI=1S/C17H20N2O3S2/c20-17(18-12-14-6-2-1-3-7-14)15-8-4-10-19(13-15)24(21,22)16-9-5-11-23-16/h1-3,5-7,9,11,15H,4,8,10,12-13H2,(H,18,20)/t15-/m0/s1. The van der Waals surface area contributed by atoms with Gasteiger partial charge in [-0.3, -0.25) is 4.79 Å². The minimum atomic E-state index is -3.48. The van der Waals surface area contributed by atoms with Gasteiger partial charge in [0.25, 0.3) is 10.0 Å². The molecule has 128 valence electrons. The molecule has 1 N–H and O–H groups in total. The molecule has 0 bridgehead atoms. The average molecular weight is 364 g/mol. The number of amides is 1. The van der Waals surface area contributed by atoms with Crippen LogP contribution in [0.15, 0.2) is 52.1 Å². The SMILES string of the molecule is O=C(NCc1ccccc1)[C@H]1CCCN(S(=O)(=O)c2cccs2)C1. The molecule has 7 heteroatoms. The van der Waals surface area contributed by atoms with E-state index in [1.54, 1.807) is 17.5 Å². The summed E-state index contributed by atoms with van der Waals surface area (Å²) in [4.78, 5) is 12.4. The van der Waals surface area contributed by atoms with E-state index >= 15 is 0 Å². The molecular formula is C17H20N2O3S2. The van der Waals surface area contributed by atoms with Crippen LogP contribution in [0.5, 0.6) is 0 Å². The molecule has 1 aromatic carbocycles. The number of hydrogen-bond acceptors (Lipinski definition) is 4. The second kappa shape index (κ2) is 7.46. The van der Waals surface area contributed by atoms with E-state index < -0.39 is 10.0 Å². The quantitative estimate of drug-likeness (QED) is 0.886. The molecule has 2 aromatic rings. The lowest BCUT2D eigenvalue weighted by Crippen LogP contribution is -2.45. The van der Waals surface area contributed by atoms with Gasteiger partial charge in [-0.1, -0.05) is 36.4 Å². The number of carbonyl (C=O) groups is 1. The fourth-order valence-electron chi connectivity index (χ4n) is 2.84. The Morgan fingerprint density at radius 1 is 1.21 bits per heavy atom. The minimum absolute atomic E-state index is 0.0788. The zero-order chi connectivity index (χ0) is 17.0. The summed E-state index contributed by atoms with van der Waals surface area (Å²) in [5.74, 6) is -0.373. The maximum atomic E-state index is 12.6. The summed E-state index contributed by atoms with van der Waals surface area (Å²) < 4.78 is 27.0. The number of nitrogens with one attached hydrogen (secondary N) is 1. The number of nitrogens with zero attached hydrogens (tertiary/aromatic N) is 1. The first-order chi connectivity index (χ1) is 11.6. The first kappa shape index (κ1) is 17.1. The normalized spacial score (nSPS) is 19.1. The Bertz CT molecular complexity index is 773. The molecule has 0 spiro atoms. The number of rotatable bonds is 5. The van der Waals surface area contributed by atoms with E-state index in [-0.39, 0.29) is 18.4 Å². The summed E-state index contributed by atoms with van der Waals surface area (Å²) in [6.07, 6.45) is 1.42. The molecule has 3 rings (SSSR count). The van der Waals surface area contributed by atoms with Crippen molar-refractivity contribution in [3.05, 3.63) is 53.4 Å². The van der Waals surface area contributed by atoms with Crippen molar-refractivity contribution in [3.8, 4) is 0 Å².